The summed E-state index contributed by atoms with van der Waals surface area (Å²) in [5.74, 6) is 2.24. The van der Waals surface area contributed by atoms with Gasteiger partial charge < -0.3 is 9.68 Å². The molecule has 0 atom stereocenters. The SMILES string of the molecule is Brc1cc(-c2nc(-c3ccccc3)c3ccccc3n2)nc(-c2ccc(-c3ccccc3)cc2)n1.O[B]Oc1cc(-c2nc(-c3ccccc3)c3ccccc3n2)nc(-c2ccc(-c3ccccc3)cc2)n1. The second kappa shape index (κ2) is 20.9. The summed E-state index contributed by atoms with van der Waals surface area (Å²) in [5, 5.41) is 11.3. The zero-order valence-corrected chi connectivity index (χ0v) is 39.9. The number of benzene rings is 8. The number of para-hydroxylation sites is 2. The summed E-state index contributed by atoms with van der Waals surface area (Å²) in [6.45, 7) is 0. The highest BCUT2D eigenvalue weighted by molar-refractivity contribution is 9.10. The molecule has 0 saturated carbocycles. The van der Waals surface area contributed by atoms with Gasteiger partial charge in [-0.15, -0.1) is 0 Å². The molecule has 0 aliphatic carbocycles. The first kappa shape index (κ1) is 45.4. The molecule has 1 radical (unpaired) electrons. The minimum absolute atomic E-state index is 0.188. The Morgan fingerprint density at radius 2 is 0.681 bits per heavy atom. The van der Waals surface area contributed by atoms with E-state index in [2.05, 4.69) is 80.5 Å². The summed E-state index contributed by atoms with van der Waals surface area (Å²) < 4.78 is 5.93. The van der Waals surface area contributed by atoms with Crippen molar-refractivity contribution in [1.82, 2.24) is 39.9 Å². The number of fused-ring (bicyclic) bond motifs is 2. The molecule has 4 heterocycles. The Morgan fingerprint density at radius 1 is 0.319 bits per heavy atom. The van der Waals surface area contributed by atoms with Crippen LogP contribution in [0.4, 0.5) is 0 Å². The van der Waals surface area contributed by atoms with E-state index in [0.29, 0.717) is 47.0 Å². The van der Waals surface area contributed by atoms with Crippen molar-refractivity contribution in [2.45, 2.75) is 0 Å². The topological polar surface area (TPSA) is 133 Å². The predicted molar refractivity (Wildman–Crippen MR) is 290 cm³/mol. The smallest absolute Gasteiger partial charge is 0.523 e. The third kappa shape index (κ3) is 9.99. The van der Waals surface area contributed by atoms with Gasteiger partial charge in [0.1, 0.15) is 16.0 Å². The molecule has 10 nitrogen and oxygen atoms in total. The molecular weight excluding hydrogens is 955 g/mol. The fourth-order valence-electron chi connectivity index (χ4n) is 8.34. The Morgan fingerprint density at radius 3 is 1.12 bits per heavy atom. The van der Waals surface area contributed by atoms with Crippen molar-refractivity contribution in [2.75, 3.05) is 0 Å². The Bertz CT molecular complexity index is 3820. The molecule has 341 valence electrons. The van der Waals surface area contributed by atoms with Crippen molar-refractivity contribution in [3.63, 3.8) is 0 Å². The highest BCUT2D eigenvalue weighted by Crippen LogP contribution is 2.33. The monoisotopic (exact) mass is 993 g/mol. The average molecular weight is 995 g/mol. The fraction of sp³-hybridized carbons (Fsp3) is 0. The van der Waals surface area contributed by atoms with Crippen LogP contribution in [0, 0.1) is 0 Å². The summed E-state index contributed by atoms with van der Waals surface area (Å²) in [5.41, 5.74) is 12.8. The third-order valence-corrected chi connectivity index (χ3v) is 12.2. The average Bonchev–Trinajstić information content (AvgIpc) is 3.45. The van der Waals surface area contributed by atoms with Gasteiger partial charge >= 0.3 is 7.69 Å². The van der Waals surface area contributed by atoms with E-state index in [0.717, 1.165) is 72.1 Å². The molecule has 0 fully saturated rings. The van der Waals surface area contributed by atoms with Gasteiger partial charge in [0.25, 0.3) is 0 Å². The van der Waals surface area contributed by atoms with Crippen LogP contribution in [0.3, 0.4) is 0 Å². The number of aromatic nitrogens is 8. The molecule has 0 spiro atoms. The van der Waals surface area contributed by atoms with E-state index in [1.54, 1.807) is 6.07 Å². The van der Waals surface area contributed by atoms with Crippen LogP contribution in [0.2, 0.25) is 0 Å². The van der Waals surface area contributed by atoms with Crippen LogP contribution in [0.5, 0.6) is 5.88 Å². The lowest BCUT2D eigenvalue weighted by molar-refractivity contribution is 0.443. The molecule has 1 N–H and O–H groups in total. The van der Waals surface area contributed by atoms with Crippen LogP contribution in [0.25, 0.3) is 112 Å². The van der Waals surface area contributed by atoms with E-state index in [1.807, 2.05) is 170 Å². The Balaban J connectivity index is 0.000000156. The summed E-state index contributed by atoms with van der Waals surface area (Å²) in [7, 11) is 0.602. The molecular formula is C60H39BBrN8O2. The second-order valence-electron chi connectivity index (χ2n) is 16.5. The molecule has 12 aromatic rings. The van der Waals surface area contributed by atoms with E-state index in [1.165, 1.54) is 5.56 Å². The molecule has 0 aliphatic rings. The normalized spacial score (nSPS) is 10.9. The first-order valence-corrected chi connectivity index (χ1v) is 23.9. The second-order valence-corrected chi connectivity index (χ2v) is 17.3. The van der Waals surface area contributed by atoms with Gasteiger partial charge in [-0.1, -0.05) is 206 Å². The first-order chi connectivity index (χ1) is 35.5. The Labute approximate surface area is 424 Å². The highest BCUT2D eigenvalue weighted by atomic mass is 79.9. The quantitative estimate of drug-likeness (QED) is 0.104. The maximum Gasteiger partial charge on any atom is 0.570 e. The van der Waals surface area contributed by atoms with Crippen LogP contribution in [0.15, 0.2) is 235 Å². The van der Waals surface area contributed by atoms with E-state index in [4.69, 9.17) is 34.6 Å². The number of rotatable bonds is 10. The van der Waals surface area contributed by atoms with Crippen LogP contribution in [-0.2, 0) is 0 Å². The third-order valence-electron chi connectivity index (χ3n) is 11.8. The molecule has 0 amide bonds. The van der Waals surface area contributed by atoms with Gasteiger partial charge in [-0.05, 0) is 50.3 Å². The summed E-state index contributed by atoms with van der Waals surface area (Å²) in [6, 6.07) is 76.3. The van der Waals surface area contributed by atoms with Crippen molar-refractivity contribution in [3.05, 3.63) is 235 Å². The molecule has 72 heavy (non-hydrogen) atoms. The van der Waals surface area contributed by atoms with E-state index >= 15 is 0 Å². The Hall–Kier alpha value is -9.10. The number of hydrogen-bond donors (Lipinski definition) is 1. The van der Waals surface area contributed by atoms with Crippen LogP contribution in [0.1, 0.15) is 0 Å². The Kier molecular flexibility index (Phi) is 13.1. The molecule has 0 bridgehead atoms. The van der Waals surface area contributed by atoms with Gasteiger partial charge in [0.2, 0.25) is 5.88 Å². The van der Waals surface area contributed by atoms with Crippen LogP contribution < -0.4 is 4.65 Å². The van der Waals surface area contributed by atoms with Crippen LogP contribution >= 0.6 is 15.9 Å². The van der Waals surface area contributed by atoms with Gasteiger partial charge in [0, 0.05) is 45.2 Å². The van der Waals surface area contributed by atoms with Gasteiger partial charge in [0.15, 0.2) is 23.3 Å². The molecule has 0 aliphatic heterocycles. The maximum absolute atomic E-state index is 9.30. The van der Waals surface area contributed by atoms with Crippen molar-refractivity contribution in [1.29, 1.82) is 0 Å². The zero-order chi connectivity index (χ0) is 48.6. The minimum atomic E-state index is 0.188. The van der Waals surface area contributed by atoms with Gasteiger partial charge in [-0.3, -0.25) is 0 Å². The molecule has 12 rings (SSSR count). The lowest BCUT2D eigenvalue weighted by Crippen LogP contribution is -2.05. The van der Waals surface area contributed by atoms with Crippen molar-refractivity contribution in [2.24, 2.45) is 0 Å². The molecule has 8 aromatic carbocycles. The largest absolute Gasteiger partial charge is 0.570 e. The molecule has 0 unspecified atom stereocenters. The zero-order valence-electron chi connectivity index (χ0n) is 38.3. The molecule has 0 saturated heterocycles. The highest BCUT2D eigenvalue weighted by Gasteiger charge is 2.18. The van der Waals surface area contributed by atoms with Crippen molar-refractivity contribution < 1.29 is 9.68 Å². The van der Waals surface area contributed by atoms with Gasteiger partial charge in [-0.2, -0.15) is 4.98 Å². The number of halogens is 1. The fourth-order valence-corrected chi connectivity index (χ4v) is 8.73. The number of hydrogen-bond acceptors (Lipinski definition) is 10. The van der Waals surface area contributed by atoms with E-state index in [-0.39, 0.29) is 5.88 Å². The van der Waals surface area contributed by atoms with Gasteiger partial charge in [0.05, 0.1) is 22.4 Å². The van der Waals surface area contributed by atoms with Crippen molar-refractivity contribution >= 4 is 45.4 Å². The predicted octanol–water partition coefficient (Wildman–Crippen LogP) is 13.8. The standard InChI is InChI=1S/C30H20BN4O2.C30H19BrN4/c36-31-37-27-19-26(33-29(34-27)23-17-15-21(16-18-23)20-9-3-1-4-10-20)30-32-25-14-8-7-13-24(25)28(35-30)22-11-5-2-6-12-22;31-27-19-26(33-29(34-27)23-17-15-21(16-18-23)20-9-3-1-4-10-20)30-32-25-14-8-7-13-24(25)28(35-30)22-11-5-2-6-12-22/h1-19,36H;1-19H. The molecule has 12 heteroatoms. The van der Waals surface area contributed by atoms with Crippen LogP contribution in [-0.4, -0.2) is 52.6 Å². The first-order valence-electron chi connectivity index (χ1n) is 23.1. The molecule has 4 aromatic heterocycles. The lowest BCUT2D eigenvalue weighted by Gasteiger charge is -2.11. The lowest BCUT2D eigenvalue weighted by atomic mass is 10.0. The summed E-state index contributed by atoms with van der Waals surface area (Å²) in [4.78, 5) is 38.2. The van der Waals surface area contributed by atoms with Crippen molar-refractivity contribution in [3.8, 4) is 96.5 Å². The summed E-state index contributed by atoms with van der Waals surface area (Å²) in [6.07, 6.45) is 0. The number of nitrogens with zero attached hydrogens (tertiary/aromatic N) is 8. The summed E-state index contributed by atoms with van der Waals surface area (Å²) >= 11 is 3.57. The maximum atomic E-state index is 9.30. The van der Waals surface area contributed by atoms with E-state index in [9.17, 15) is 5.02 Å². The van der Waals surface area contributed by atoms with Gasteiger partial charge in [-0.25, -0.2) is 34.9 Å². The minimum Gasteiger partial charge on any atom is -0.523 e. The van der Waals surface area contributed by atoms with E-state index < -0.39 is 0 Å².